The Balaban J connectivity index is 2.12. The van der Waals surface area contributed by atoms with Gasteiger partial charge in [0.1, 0.15) is 5.69 Å². The Labute approximate surface area is 122 Å². The van der Waals surface area contributed by atoms with Crippen LogP contribution in [-0.2, 0) is 12.5 Å². The molecule has 1 fully saturated rings. The van der Waals surface area contributed by atoms with E-state index in [9.17, 15) is 4.79 Å². The van der Waals surface area contributed by atoms with Crippen LogP contribution in [0.15, 0.2) is 6.07 Å². The average Bonchev–Trinajstić information content (AvgIpc) is 2.80. The molecular formula is C16H27N3O. The monoisotopic (exact) mass is 277 g/mol. The number of aromatic nitrogens is 2. The first-order valence-electron chi connectivity index (χ1n) is 7.66. The molecule has 2 heterocycles. The van der Waals surface area contributed by atoms with E-state index in [0.717, 1.165) is 37.5 Å². The normalized spacial score (nSPS) is 17.6. The molecule has 0 atom stereocenters. The number of carbonyl (C=O) groups excluding carboxylic acids is 1. The van der Waals surface area contributed by atoms with Gasteiger partial charge in [-0.3, -0.25) is 9.48 Å². The third-order valence-electron chi connectivity index (χ3n) is 4.35. The second-order valence-electron chi connectivity index (χ2n) is 6.93. The molecule has 1 amide bonds. The van der Waals surface area contributed by atoms with Crippen LogP contribution in [0.1, 0.15) is 63.1 Å². The number of likely N-dealkylation sites (tertiary alicyclic amines) is 1. The highest BCUT2D eigenvalue weighted by Gasteiger charge is 2.27. The van der Waals surface area contributed by atoms with Crippen LogP contribution in [0.5, 0.6) is 0 Å². The Hall–Kier alpha value is -1.32. The van der Waals surface area contributed by atoms with Gasteiger partial charge in [-0.15, -0.1) is 0 Å². The summed E-state index contributed by atoms with van der Waals surface area (Å²) in [5.74, 6) is 0.917. The minimum Gasteiger partial charge on any atom is -0.337 e. The van der Waals surface area contributed by atoms with Crippen LogP contribution >= 0.6 is 0 Å². The SMILES string of the molecule is CCC1CCN(C(=O)c2cc(C(C)(C)C)nn2C)CC1. The quantitative estimate of drug-likeness (QED) is 0.833. The number of hydrogen-bond acceptors (Lipinski definition) is 2. The Morgan fingerprint density at radius 1 is 1.35 bits per heavy atom. The Kier molecular flexibility index (Phi) is 4.21. The summed E-state index contributed by atoms with van der Waals surface area (Å²) in [5.41, 5.74) is 1.67. The molecule has 112 valence electrons. The molecule has 0 aromatic carbocycles. The van der Waals surface area contributed by atoms with E-state index in [1.54, 1.807) is 4.68 Å². The van der Waals surface area contributed by atoms with Crippen LogP contribution in [0, 0.1) is 5.92 Å². The van der Waals surface area contributed by atoms with E-state index in [1.165, 1.54) is 6.42 Å². The van der Waals surface area contributed by atoms with Crippen molar-refractivity contribution in [1.29, 1.82) is 0 Å². The van der Waals surface area contributed by atoms with E-state index in [1.807, 2.05) is 18.0 Å². The molecule has 20 heavy (non-hydrogen) atoms. The van der Waals surface area contributed by atoms with Gasteiger partial charge in [-0.1, -0.05) is 34.1 Å². The highest BCUT2D eigenvalue weighted by atomic mass is 16.2. The fraction of sp³-hybridized carbons (Fsp3) is 0.750. The van der Waals surface area contributed by atoms with Crippen LogP contribution in [0.2, 0.25) is 0 Å². The van der Waals surface area contributed by atoms with E-state index in [2.05, 4.69) is 32.8 Å². The fourth-order valence-corrected chi connectivity index (χ4v) is 2.74. The number of nitrogens with zero attached hydrogens (tertiary/aromatic N) is 3. The molecule has 4 nitrogen and oxygen atoms in total. The van der Waals surface area contributed by atoms with Gasteiger partial charge in [0.05, 0.1) is 5.69 Å². The van der Waals surface area contributed by atoms with Crippen LogP contribution in [0.25, 0.3) is 0 Å². The smallest absolute Gasteiger partial charge is 0.272 e. The van der Waals surface area contributed by atoms with Crippen molar-refractivity contribution >= 4 is 5.91 Å². The summed E-state index contributed by atoms with van der Waals surface area (Å²) < 4.78 is 1.73. The van der Waals surface area contributed by atoms with Crippen molar-refractivity contribution in [3.8, 4) is 0 Å². The van der Waals surface area contributed by atoms with Crippen LogP contribution in [-0.4, -0.2) is 33.7 Å². The first-order valence-corrected chi connectivity index (χ1v) is 7.66. The number of aryl methyl sites for hydroxylation is 1. The Bertz CT molecular complexity index is 476. The largest absolute Gasteiger partial charge is 0.337 e. The number of piperidine rings is 1. The molecule has 0 bridgehead atoms. The van der Waals surface area contributed by atoms with Gasteiger partial charge >= 0.3 is 0 Å². The standard InChI is InChI=1S/C16H27N3O/c1-6-12-7-9-19(10-8-12)15(20)13-11-14(16(2,3)4)17-18(13)5/h11-12H,6-10H2,1-5H3. The lowest BCUT2D eigenvalue weighted by Gasteiger charge is -2.31. The third-order valence-corrected chi connectivity index (χ3v) is 4.35. The lowest BCUT2D eigenvalue weighted by Crippen LogP contribution is -2.39. The summed E-state index contributed by atoms with van der Waals surface area (Å²) in [6, 6.07) is 1.95. The zero-order valence-electron chi connectivity index (χ0n) is 13.4. The number of rotatable bonds is 2. The van der Waals surface area contributed by atoms with Crippen molar-refractivity contribution in [3.63, 3.8) is 0 Å². The zero-order chi connectivity index (χ0) is 14.9. The lowest BCUT2D eigenvalue weighted by molar-refractivity contribution is 0.0677. The molecule has 0 spiro atoms. The molecular weight excluding hydrogens is 250 g/mol. The summed E-state index contributed by atoms with van der Waals surface area (Å²) in [7, 11) is 1.86. The highest BCUT2D eigenvalue weighted by Crippen LogP contribution is 2.24. The van der Waals surface area contributed by atoms with Crippen molar-refractivity contribution < 1.29 is 4.79 Å². The average molecular weight is 277 g/mol. The minimum atomic E-state index is -0.0223. The second kappa shape index (κ2) is 5.58. The van der Waals surface area contributed by atoms with Crippen LogP contribution in [0.3, 0.4) is 0 Å². The first-order chi connectivity index (χ1) is 9.32. The molecule has 0 unspecified atom stereocenters. The van der Waals surface area contributed by atoms with Crippen molar-refractivity contribution in [2.45, 2.75) is 52.4 Å². The van der Waals surface area contributed by atoms with Gasteiger partial charge in [0.2, 0.25) is 0 Å². The van der Waals surface area contributed by atoms with Gasteiger partial charge in [0.25, 0.3) is 5.91 Å². The van der Waals surface area contributed by atoms with Gasteiger partial charge in [-0.05, 0) is 24.8 Å². The van der Waals surface area contributed by atoms with E-state index in [4.69, 9.17) is 0 Å². The zero-order valence-corrected chi connectivity index (χ0v) is 13.4. The van der Waals surface area contributed by atoms with Gasteiger partial charge in [-0.25, -0.2) is 0 Å². The maximum atomic E-state index is 12.6. The molecule has 0 N–H and O–H groups in total. The van der Waals surface area contributed by atoms with E-state index >= 15 is 0 Å². The molecule has 0 saturated carbocycles. The van der Waals surface area contributed by atoms with Crippen molar-refractivity contribution in [2.24, 2.45) is 13.0 Å². The predicted molar refractivity (Wildman–Crippen MR) is 80.8 cm³/mol. The Morgan fingerprint density at radius 2 is 1.95 bits per heavy atom. The van der Waals surface area contributed by atoms with Gasteiger partial charge in [-0.2, -0.15) is 5.10 Å². The van der Waals surface area contributed by atoms with Crippen LogP contribution in [0.4, 0.5) is 0 Å². The molecule has 0 aliphatic carbocycles. The summed E-state index contributed by atoms with van der Waals surface area (Å²) >= 11 is 0. The molecule has 1 aromatic rings. The summed E-state index contributed by atoms with van der Waals surface area (Å²) in [4.78, 5) is 14.6. The number of amides is 1. The van der Waals surface area contributed by atoms with Crippen molar-refractivity contribution in [2.75, 3.05) is 13.1 Å². The number of carbonyl (C=O) groups is 1. The lowest BCUT2D eigenvalue weighted by atomic mass is 9.92. The summed E-state index contributed by atoms with van der Waals surface area (Å²) in [6.45, 7) is 10.4. The van der Waals surface area contributed by atoms with E-state index in [-0.39, 0.29) is 11.3 Å². The van der Waals surface area contributed by atoms with E-state index < -0.39 is 0 Å². The first kappa shape index (κ1) is 15.1. The number of hydrogen-bond donors (Lipinski definition) is 0. The fourth-order valence-electron chi connectivity index (χ4n) is 2.74. The van der Waals surface area contributed by atoms with Gasteiger partial charge < -0.3 is 4.90 Å². The van der Waals surface area contributed by atoms with Gasteiger partial charge in [0, 0.05) is 25.6 Å². The molecule has 1 saturated heterocycles. The Morgan fingerprint density at radius 3 is 2.40 bits per heavy atom. The topological polar surface area (TPSA) is 38.1 Å². The molecule has 0 radical (unpaired) electrons. The van der Waals surface area contributed by atoms with Gasteiger partial charge in [0.15, 0.2) is 0 Å². The third kappa shape index (κ3) is 3.05. The summed E-state index contributed by atoms with van der Waals surface area (Å²) in [6.07, 6.45) is 3.49. The maximum absolute atomic E-state index is 12.6. The summed E-state index contributed by atoms with van der Waals surface area (Å²) in [5, 5.41) is 4.50. The molecule has 1 aliphatic heterocycles. The van der Waals surface area contributed by atoms with Crippen LogP contribution < -0.4 is 0 Å². The molecule has 1 aliphatic rings. The second-order valence-corrected chi connectivity index (χ2v) is 6.93. The highest BCUT2D eigenvalue weighted by molar-refractivity contribution is 5.92. The maximum Gasteiger partial charge on any atom is 0.272 e. The van der Waals surface area contributed by atoms with Crippen molar-refractivity contribution in [3.05, 3.63) is 17.5 Å². The predicted octanol–water partition coefficient (Wildman–Crippen LogP) is 2.98. The minimum absolute atomic E-state index is 0.0223. The van der Waals surface area contributed by atoms with Crippen molar-refractivity contribution in [1.82, 2.24) is 14.7 Å². The molecule has 2 rings (SSSR count). The molecule has 1 aromatic heterocycles. The molecule has 4 heteroatoms. The van der Waals surface area contributed by atoms with E-state index in [0.29, 0.717) is 5.69 Å².